The number of ether oxygens (including phenoxy) is 1. The molecule has 0 radical (unpaired) electrons. The first-order valence-electron chi connectivity index (χ1n) is 7.50. The van der Waals surface area contributed by atoms with Gasteiger partial charge in [0.25, 0.3) is 0 Å². The first kappa shape index (κ1) is 16.6. The van der Waals surface area contributed by atoms with Crippen molar-refractivity contribution in [2.45, 2.75) is 25.7 Å². The van der Waals surface area contributed by atoms with Gasteiger partial charge in [0.1, 0.15) is 5.75 Å². The summed E-state index contributed by atoms with van der Waals surface area (Å²) in [5.74, 6) is 1.95. The second kappa shape index (κ2) is 8.04. The SMILES string of the molecule is Cc1cc(C(=O)CSc2ccccc2)ccc1OCC(C)C. The van der Waals surface area contributed by atoms with Crippen molar-refractivity contribution in [2.75, 3.05) is 12.4 Å². The largest absolute Gasteiger partial charge is 0.493 e. The molecule has 0 spiro atoms. The van der Waals surface area contributed by atoms with E-state index in [0.717, 1.165) is 21.8 Å². The third-order valence-corrected chi connectivity index (χ3v) is 4.19. The summed E-state index contributed by atoms with van der Waals surface area (Å²) in [4.78, 5) is 13.4. The van der Waals surface area contributed by atoms with Gasteiger partial charge in [0, 0.05) is 10.5 Å². The standard InChI is InChI=1S/C19H22O2S/c1-14(2)12-21-19-10-9-16(11-15(19)3)18(20)13-22-17-7-5-4-6-8-17/h4-11,14H,12-13H2,1-3H3. The number of carbonyl (C=O) groups excluding carboxylic acids is 1. The van der Waals surface area contributed by atoms with Gasteiger partial charge in [-0.25, -0.2) is 0 Å². The van der Waals surface area contributed by atoms with Gasteiger partial charge in [0.05, 0.1) is 12.4 Å². The Morgan fingerprint density at radius 3 is 2.50 bits per heavy atom. The van der Waals surface area contributed by atoms with Crippen LogP contribution in [-0.4, -0.2) is 18.1 Å². The predicted molar refractivity (Wildman–Crippen MR) is 93.0 cm³/mol. The fourth-order valence-electron chi connectivity index (χ4n) is 1.99. The molecule has 0 unspecified atom stereocenters. The van der Waals surface area contributed by atoms with Crippen molar-refractivity contribution in [3.05, 3.63) is 59.7 Å². The van der Waals surface area contributed by atoms with E-state index in [1.807, 2.05) is 55.5 Å². The number of carbonyl (C=O) groups is 1. The van der Waals surface area contributed by atoms with Gasteiger partial charge in [-0.2, -0.15) is 0 Å². The predicted octanol–water partition coefficient (Wildman–Crippen LogP) is 5.00. The third-order valence-electron chi connectivity index (χ3n) is 3.18. The number of Topliss-reactive ketones (excluding diaryl/α,β-unsaturated/α-hetero) is 1. The second-order valence-corrected chi connectivity index (χ2v) is 6.76. The molecule has 116 valence electrons. The molecule has 0 aliphatic carbocycles. The maximum atomic E-state index is 12.3. The highest BCUT2D eigenvalue weighted by Crippen LogP contribution is 2.23. The van der Waals surface area contributed by atoms with Crippen molar-refractivity contribution in [1.82, 2.24) is 0 Å². The molecule has 0 amide bonds. The first-order chi connectivity index (χ1) is 10.6. The van der Waals surface area contributed by atoms with Crippen LogP contribution in [0.4, 0.5) is 0 Å². The Hall–Kier alpha value is -1.74. The van der Waals surface area contributed by atoms with Crippen LogP contribution in [-0.2, 0) is 0 Å². The van der Waals surface area contributed by atoms with Gasteiger partial charge in [-0.05, 0) is 48.7 Å². The summed E-state index contributed by atoms with van der Waals surface area (Å²) in [5.41, 5.74) is 1.76. The van der Waals surface area contributed by atoms with E-state index in [0.29, 0.717) is 18.3 Å². The summed E-state index contributed by atoms with van der Waals surface area (Å²) in [5, 5.41) is 0. The Morgan fingerprint density at radius 2 is 1.86 bits per heavy atom. The molecular formula is C19H22O2S. The van der Waals surface area contributed by atoms with Gasteiger partial charge in [-0.3, -0.25) is 4.79 Å². The topological polar surface area (TPSA) is 26.3 Å². The van der Waals surface area contributed by atoms with Gasteiger partial charge in [-0.1, -0.05) is 32.0 Å². The van der Waals surface area contributed by atoms with E-state index < -0.39 is 0 Å². The smallest absolute Gasteiger partial charge is 0.173 e. The van der Waals surface area contributed by atoms with Crippen LogP contribution in [0.2, 0.25) is 0 Å². The quantitative estimate of drug-likeness (QED) is 0.531. The zero-order valence-electron chi connectivity index (χ0n) is 13.3. The van der Waals surface area contributed by atoms with Gasteiger partial charge in [0.15, 0.2) is 5.78 Å². The summed E-state index contributed by atoms with van der Waals surface area (Å²) in [6.07, 6.45) is 0. The van der Waals surface area contributed by atoms with Gasteiger partial charge in [0.2, 0.25) is 0 Å². The highest BCUT2D eigenvalue weighted by Gasteiger charge is 2.09. The lowest BCUT2D eigenvalue weighted by atomic mass is 10.1. The van der Waals surface area contributed by atoms with Gasteiger partial charge < -0.3 is 4.74 Å². The highest BCUT2D eigenvalue weighted by atomic mass is 32.2. The Kier molecular flexibility index (Phi) is 6.08. The van der Waals surface area contributed by atoms with Crippen LogP contribution in [0.25, 0.3) is 0 Å². The Morgan fingerprint density at radius 1 is 1.14 bits per heavy atom. The Labute approximate surface area is 136 Å². The third kappa shape index (κ3) is 4.92. The van der Waals surface area contributed by atoms with Crippen molar-refractivity contribution >= 4 is 17.5 Å². The van der Waals surface area contributed by atoms with E-state index in [1.54, 1.807) is 11.8 Å². The molecule has 0 aliphatic heterocycles. The number of thioether (sulfide) groups is 1. The number of benzene rings is 2. The number of ketones is 1. The van der Waals surface area contributed by atoms with E-state index in [-0.39, 0.29) is 5.78 Å². The lowest BCUT2D eigenvalue weighted by Crippen LogP contribution is -2.07. The molecule has 0 atom stereocenters. The molecule has 22 heavy (non-hydrogen) atoms. The van der Waals surface area contributed by atoms with Crippen LogP contribution in [0, 0.1) is 12.8 Å². The van der Waals surface area contributed by atoms with Crippen molar-refractivity contribution < 1.29 is 9.53 Å². The minimum atomic E-state index is 0.146. The van der Waals surface area contributed by atoms with E-state index in [4.69, 9.17) is 4.74 Å². The van der Waals surface area contributed by atoms with E-state index in [1.165, 1.54) is 0 Å². The maximum absolute atomic E-state index is 12.3. The molecule has 0 aliphatic rings. The molecule has 0 saturated heterocycles. The summed E-state index contributed by atoms with van der Waals surface area (Å²) in [6, 6.07) is 15.7. The maximum Gasteiger partial charge on any atom is 0.173 e. The molecule has 2 aromatic rings. The molecule has 0 bridgehead atoms. The van der Waals surface area contributed by atoms with Crippen molar-refractivity contribution in [3.63, 3.8) is 0 Å². The molecule has 2 nitrogen and oxygen atoms in total. The van der Waals surface area contributed by atoms with Crippen molar-refractivity contribution in [2.24, 2.45) is 5.92 Å². The highest BCUT2D eigenvalue weighted by molar-refractivity contribution is 8.00. The molecule has 2 aromatic carbocycles. The zero-order chi connectivity index (χ0) is 15.9. The molecular weight excluding hydrogens is 292 g/mol. The average molecular weight is 314 g/mol. The monoisotopic (exact) mass is 314 g/mol. The second-order valence-electron chi connectivity index (χ2n) is 5.71. The van der Waals surface area contributed by atoms with Gasteiger partial charge in [-0.15, -0.1) is 11.8 Å². The van der Waals surface area contributed by atoms with Crippen LogP contribution in [0.15, 0.2) is 53.4 Å². The molecule has 3 heteroatoms. The van der Waals surface area contributed by atoms with Gasteiger partial charge >= 0.3 is 0 Å². The fourth-order valence-corrected chi connectivity index (χ4v) is 2.80. The molecule has 0 aromatic heterocycles. The first-order valence-corrected chi connectivity index (χ1v) is 8.49. The van der Waals surface area contributed by atoms with Crippen molar-refractivity contribution in [1.29, 1.82) is 0 Å². The molecule has 0 N–H and O–H groups in total. The number of hydrogen-bond acceptors (Lipinski definition) is 3. The Balaban J connectivity index is 1.97. The number of rotatable bonds is 7. The lowest BCUT2D eigenvalue weighted by Gasteiger charge is -2.12. The summed E-state index contributed by atoms with van der Waals surface area (Å²) in [6.45, 7) is 6.91. The van der Waals surface area contributed by atoms with Crippen LogP contribution >= 0.6 is 11.8 Å². The van der Waals surface area contributed by atoms with E-state index in [9.17, 15) is 4.79 Å². The molecule has 0 heterocycles. The normalized spacial score (nSPS) is 10.7. The van der Waals surface area contributed by atoms with Crippen molar-refractivity contribution in [3.8, 4) is 5.75 Å². The minimum absolute atomic E-state index is 0.146. The molecule has 0 fully saturated rings. The van der Waals surface area contributed by atoms with Crippen LogP contribution in [0.1, 0.15) is 29.8 Å². The summed E-state index contributed by atoms with van der Waals surface area (Å²) in [7, 11) is 0. The van der Waals surface area contributed by atoms with Crippen LogP contribution in [0.3, 0.4) is 0 Å². The average Bonchev–Trinajstić information content (AvgIpc) is 2.52. The molecule has 0 saturated carbocycles. The van der Waals surface area contributed by atoms with E-state index >= 15 is 0 Å². The van der Waals surface area contributed by atoms with E-state index in [2.05, 4.69) is 13.8 Å². The van der Waals surface area contributed by atoms with Crippen LogP contribution < -0.4 is 4.74 Å². The van der Waals surface area contributed by atoms with Crippen LogP contribution in [0.5, 0.6) is 5.75 Å². The Bertz CT molecular complexity index is 621. The fraction of sp³-hybridized carbons (Fsp3) is 0.316. The summed E-state index contributed by atoms with van der Waals surface area (Å²) < 4.78 is 5.75. The molecule has 2 rings (SSSR count). The lowest BCUT2D eigenvalue weighted by molar-refractivity contribution is 0.102. The summed E-state index contributed by atoms with van der Waals surface area (Å²) >= 11 is 1.57. The number of hydrogen-bond donors (Lipinski definition) is 0. The number of aryl methyl sites for hydroxylation is 1. The minimum Gasteiger partial charge on any atom is -0.493 e. The zero-order valence-corrected chi connectivity index (χ0v) is 14.2.